The number of fused-ring (bicyclic) bond motifs is 3. The Labute approximate surface area is 137 Å². The van der Waals surface area contributed by atoms with E-state index in [0.29, 0.717) is 27.9 Å². The first kappa shape index (κ1) is 14.6. The van der Waals surface area contributed by atoms with E-state index in [2.05, 4.69) is 0 Å². The second-order valence-electron chi connectivity index (χ2n) is 5.84. The van der Waals surface area contributed by atoms with Crippen LogP contribution in [0.3, 0.4) is 0 Å². The number of carbonyl (C=O) groups is 2. The molecule has 0 fully saturated rings. The highest BCUT2D eigenvalue weighted by atomic mass is 19.1. The third-order valence-electron chi connectivity index (χ3n) is 4.38. The lowest BCUT2D eigenvalue weighted by atomic mass is 9.89. The van der Waals surface area contributed by atoms with Crippen molar-refractivity contribution in [2.75, 3.05) is 0 Å². The van der Waals surface area contributed by atoms with E-state index in [-0.39, 0.29) is 12.3 Å². The van der Waals surface area contributed by atoms with Gasteiger partial charge in [0.15, 0.2) is 5.75 Å². The highest BCUT2D eigenvalue weighted by molar-refractivity contribution is 6.00. The Kier molecular flexibility index (Phi) is 3.23. The monoisotopic (exact) mass is 323 g/mol. The summed E-state index contributed by atoms with van der Waals surface area (Å²) in [6, 6.07) is 13.5. The zero-order valence-electron chi connectivity index (χ0n) is 13.0. The summed E-state index contributed by atoms with van der Waals surface area (Å²) in [4.78, 5) is 24.4. The molecule has 0 amide bonds. The smallest absolute Gasteiger partial charge is 0.312 e. The number of nitrogens with zero attached hydrogens (tertiary/aromatic N) is 1. The maximum absolute atomic E-state index is 14.3. The second kappa shape index (κ2) is 5.30. The van der Waals surface area contributed by atoms with Gasteiger partial charge in [-0.1, -0.05) is 30.3 Å². The quantitative estimate of drug-likeness (QED) is 0.639. The molecule has 0 radical (unpaired) electrons. The van der Waals surface area contributed by atoms with Crippen molar-refractivity contribution in [3.8, 4) is 5.75 Å². The summed E-state index contributed by atoms with van der Waals surface area (Å²) in [5.41, 5.74) is 1.58. The fourth-order valence-corrected chi connectivity index (χ4v) is 3.42. The molecule has 1 aliphatic heterocycles. The van der Waals surface area contributed by atoms with Gasteiger partial charge in [-0.05, 0) is 23.8 Å². The van der Waals surface area contributed by atoms with Crippen LogP contribution in [0.2, 0.25) is 0 Å². The fraction of sp³-hybridized carbons (Fsp3) is 0.158. The van der Waals surface area contributed by atoms with Crippen molar-refractivity contribution in [2.45, 2.75) is 19.3 Å². The van der Waals surface area contributed by atoms with Gasteiger partial charge < -0.3 is 4.74 Å². The van der Waals surface area contributed by atoms with Gasteiger partial charge in [0.05, 0.1) is 17.6 Å². The van der Waals surface area contributed by atoms with Gasteiger partial charge in [0.2, 0.25) is 5.91 Å². The third kappa shape index (κ3) is 2.05. The molecule has 2 heterocycles. The molecule has 4 rings (SSSR count). The van der Waals surface area contributed by atoms with Gasteiger partial charge in [-0.25, -0.2) is 4.39 Å². The Hall–Kier alpha value is -2.95. The van der Waals surface area contributed by atoms with Crippen LogP contribution >= 0.6 is 0 Å². The summed E-state index contributed by atoms with van der Waals surface area (Å²) in [6.07, 6.45) is -0.00245. The summed E-state index contributed by atoms with van der Waals surface area (Å²) in [5, 5.41) is 0.678. The van der Waals surface area contributed by atoms with Crippen LogP contribution in [0, 0.1) is 5.82 Å². The number of carbonyl (C=O) groups excluding carboxylic acids is 2. The summed E-state index contributed by atoms with van der Waals surface area (Å²) in [7, 11) is 0. The number of rotatable bonds is 1. The zero-order chi connectivity index (χ0) is 16.8. The molecule has 1 aromatic heterocycles. The molecule has 1 atom stereocenters. The van der Waals surface area contributed by atoms with Crippen molar-refractivity contribution in [1.82, 2.24) is 4.57 Å². The molecule has 24 heavy (non-hydrogen) atoms. The molecule has 2 aromatic carbocycles. The molecule has 0 saturated carbocycles. The van der Waals surface area contributed by atoms with Gasteiger partial charge in [-0.3, -0.25) is 14.2 Å². The minimum absolute atomic E-state index is 0.00245. The first-order valence-corrected chi connectivity index (χ1v) is 7.67. The van der Waals surface area contributed by atoms with Crippen molar-refractivity contribution in [2.24, 2.45) is 0 Å². The van der Waals surface area contributed by atoms with Crippen LogP contribution in [0.4, 0.5) is 4.39 Å². The number of benzene rings is 2. The molecular formula is C19H14FNO3. The summed E-state index contributed by atoms with van der Waals surface area (Å²) < 4.78 is 21.3. The van der Waals surface area contributed by atoms with Gasteiger partial charge in [0, 0.05) is 18.2 Å². The van der Waals surface area contributed by atoms with Crippen LogP contribution in [0.1, 0.15) is 35.3 Å². The predicted octanol–water partition coefficient (Wildman–Crippen LogP) is 3.88. The standard InChI is InChI=1S/C19H14FNO3/c1-11(22)21-16-9-5-3-7-13(16)19-18(21)14(10-17(23)24-19)12-6-2-4-8-15(12)20/h2-9,14H,10H2,1H3. The lowest BCUT2D eigenvalue weighted by Gasteiger charge is -2.24. The molecule has 0 saturated heterocycles. The lowest BCUT2D eigenvalue weighted by molar-refractivity contribution is -0.135. The van der Waals surface area contributed by atoms with Gasteiger partial charge in [-0.15, -0.1) is 0 Å². The zero-order valence-corrected chi connectivity index (χ0v) is 13.0. The van der Waals surface area contributed by atoms with Gasteiger partial charge >= 0.3 is 5.97 Å². The predicted molar refractivity (Wildman–Crippen MR) is 86.7 cm³/mol. The van der Waals surface area contributed by atoms with Crippen molar-refractivity contribution >= 4 is 22.8 Å². The highest BCUT2D eigenvalue weighted by Crippen LogP contribution is 2.45. The SMILES string of the molecule is CC(=O)n1c2c(c3ccccc31)OC(=O)CC2c1ccccc1F. The normalized spacial score (nSPS) is 16.8. The van der Waals surface area contributed by atoms with Crippen molar-refractivity contribution < 1.29 is 18.7 Å². The Morgan fingerprint density at radius 1 is 1.17 bits per heavy atom. The molecule has 3 aromatic rings. The molecule has 1 aliphatic rings. The van der Waals surface area contributed by atoms with Gasteiger partial charge in [-0.2, -0.15) is 0 Å². The molecule has 4 nitrogen and oxygen atoms in total. The van der Waals surface area contributed by atoms with Gasteiger partial charge in [0.25, 0.3) is 0 Å². The molecule has 0 spiro atoms. The van der Waals surface area contributed by atoms with E-state index in [0.717, 1.165) is 0 Å². The lowest BCUT2D eigenvalue weighted by Crippen LogP contribution is -2.24. The first-order chi connectivity index (χ1) is 11.6. The van der Waals surface area contributed by atoms with Crippen molar-refractivity contribution in [3.63, 3.8) is 0 Å². The minimum Gasteiger partial charge on any atom is -0.424 e. The van der Waals surface area contributed by atoms with Crippen molar-refractivity contribution in [3.05, 3.63) is 65.6 Å². The molecule has 5 heteroatoms. The average molecular weight is 323 g/mol. The van der Waals surface area contributed by atoms with Crippen LogP contribution in [0.15, 0.2) is 48.5 Å². The second-order valence-corrected chi connectivity index (χ2v) is 5.84. The number of hydrogen-bond acceptors (Lipinski definition) is 3. The molecule has 120 valence electrons. The van der Waals surface area contributed by atoms with Crippen LogP contribution in [0.25, 0.3) is 10.9 Å². The van der Waals surface area contributed by atoms with E-state index in [4.69, 9.17) is 4.74 Å². The number of halogens is 1. The highest BCUT2D eigenvalue weighted by Gasteiger charge is 2.36. The maximum atomic E-state index is 14.3. The third-order valence-corrected chi connectivity index (χ3v) is 4.38. The molecule has 1 unspecified atom stereocenters. The van der Waals surface area contributed by atoms with Crippen LogP contribution in [0.5, 0.6) is 5.75 Å². The Balaban J connectivity index is 2.08. The van der Waals surface area contributed by atoms with E-state index in [1.165, 1.54) is 17.6 Å². The summed E-state index contributed by atoms with van der Waals surface area (Å²) in [6.45, 7) is 1.45. The van der Waals surface area contributed by atoms with E-state index in [1.54, 1.807) is 30.3 Å². The Morgan fingerprint density at radius 2 is 1.88 bits per heavy atom. The van der Waals surface area contributed by atoms with Gasteiger partial charge in [0.1, 0.15) is 5.82 Å². The Bertz CT molecular complexity index is 989. The molecule has 0 N–H and O–H groups in total. The molecular weight excluding hydrogens is 309 g/mol. The van der Waals surface area contributed by atoms with E-state index < -0.39 is 17.7 Å². The summed E-state index contributed by atoms with van der Waals surface area (Å²) in [5.74, 6) is -1.23. The van der Waals surface area contributed by atoms with E-state index in [1.807, 2.05) is 12.1 Å². The molecule has 0 bridgehead atoms. The van der Waals surface area contributed by atoms with E-state index >= 15 is 0 Å². The number of esters is 1. The number of aromatic nitrogens is 1. The number of para-hydroxylation sites is 1. The Morgan fingerprint density at radius 3 is 2.62 bits per heavy atom. The number of hydrogen-bond donors (Lipinski definition) is 0. The molecule has 0 aliphatic carbocycles. The number of ether oxygens (including phenoxy) is 1. The van der Waals surface area contributed by atoms with Crippen LogP contribution in [-0.2, 0) is 4.79 Å². The first-order valence-electron chi connectivity index (χ1n) is 7.67. The van der Waals surface area contributed by atoms with Crippen molar-refractivity contribution in [1.29, 1.82) is 0 Å². The largest absolute Gasteiger partial charge is 0.424 e. The minimum atomic E-state index is -0.557. The summed E-state index contributed by atoms with van der Waals surface area (Å²) >= 11 is 0. The van der Waals surface area contributed by atoms with Crippen LogP contribution in [-0.4, -0.2) is 16.4 Å². The fourth-order valence-electron chi connectivity index (χ4n) is 3.42. The maximum Gasteiger partial charge on any atom is 0.312 e. The van der Waals surface area contributed by atoms with E-state index in [9.17, 15) is 14.0 Å². The topological polar surface area (TPSA) is 48.3 Å². The van der Waals surface area contributed by atoms with Crippen LogP contribution < -0.4 is 4.74 Å². The average Bonchev–Trinajstić information content (AvgIpc) is 2.89.